The molecule has 0 spiro atoms. The molecule has 1 rings (SSSR count). The van der Waals surface area contributed by atoms with Crippen LogP contribution in [0, 0.1) is 29.6 Å². The summed E-state index contributed by atoms with van der Waals surface area (Å²) in [5.41, 5.74) is -3.14. The topological polar surface area (TPSA) is 319 Å². The zero-order valence-electron chi connectivity index (χ0n) is 56.8. The minimum atomic E-state index is -1.65. The summed E-state index contributed by atoms with van der Waals surface area (Å²) < 4.78 is 0. The molecule has 87 heavy (non-hydrogen) atoms. The van der Waals surface area contributed by atoms with Gasteiger partial charge < -0.3 is 70.9 Å². The van der Waals surface area contributed by atoms with Crippen molar-refractivity contribution in [1.82, 2.24) is 55.6 Å². The van der Waals surface area contributed by atoms with Gasteiger partial charge in [0.15, 0.2) is 0 Å². The number of allylic oxidation sites excluding steroid dienone is 2. The number of hydrogen-bond donors (Lipinski definition) is 7. The van der Waals surface area contributed by atoms with Crippen LogP contribution in [-0.2, 0) is 52.7 Å². The third-order valence-corrected chi connectivity index (χ3v) is 16.1. The van der Waals surface area contributed by atoms with Crippen molar-refractivity contribution in [2.75, 3.05) is 55.9 Å². The highest BCUT2D eigenvalue weighted by Gasteiger charge is 2.46. The quantitative estimate of drug-likeness (QED) is 0.114. The number of rotatable bonds is 15. The Hall–Kier alpha value is -6.21. The van der Waals surface area contributed by atoms with Crippen LogP contribution in [-0.4, -0.2) is 248 Å². The molecule has 1 fully saturated rings. The van der Waals surface area contributed by atoms with Crippen molar-refractivity contribution in [3.05, 3.63) is 12.2 Å². The zero-order chi connectivity index (χ0) is 67.8. The predicted molar refractivity (Wildman–Crippen MR) is 331 cm³/mol. The van der Waals surface area contributed by atoms with Crippen molar-refractivity contribution in [3.8, 4) is 0 Å². The molecule has 25 heteroatoms. The molecule has 11 amide bonds. The first-order valence-corrected chi connectivity index (χ1v) is 30.6. The predicted octanol–water partition coefficient (Wildman–Crippen LogP) is 1.50. The molecule has 1 aliphatic heterocycles. The summed E-state index contributed by atoms with van der Waals surface area (Å²) in [5.74, 6) is -10.8. The van der Waals surface area contributed by atoms with E-state index in [4.69, 9.17) is 0 Å². The Morgan fingerprint density at radius 1 is 0.506 bits per heavy atom. The van der Waals surface area contributed by atoms with E-state index in [1.54, 1.807) is 60.6 Å². The average Bonchev–Trinajstić information content (AvgIpc) is 1.86. The average molecular weight is 1230 g/mol. The van der Waals surface area contributed by atoms with Crippen LogP contribution in [0.5, 0.6) is 0 Å². The Morgan fingerprint density at radius 2 is 0.954 bits per heavy atom. The zero-order valence-corrected chi connectivity index (χ0v) is 56.8. The largest absolute Gasteiger partial charge is 0.390 e. The summed E-state index contributed by atoms with van der Waals surface area (Å²) in [5, 5.41) is 45.0. The van der Waals surface area contributed by atoms with Gasteiger partial charge in [0.2, 0.25) is 65.0 Å². The third kappa shape index (κ3) is 22.7. The van der Waals surface area contributed by atoms with E-state index in [1.165, 1.54) is 101 Å². The second-order valence-electron chi connectivity index (χ2n) is 26.9. The maximum absolute atomic E-state index is 15.1. The van der Waals surface area contributed by atoms with Gasteiger partial charge in [-0.2, -0.15) is 0 Å². The smallest absolute Gasteiger partial charge is 0.246 e. The number of carbonyl (C=O) groups excluding carboxylic acids is 11. The fourth-order valence-electron chi connectivity index (χ4n) is 10.7. The van der Waals surface area contributed by atoms with Crippen molar-refractivity contribution >= 4 is 65.0 Å². The molecule has 0 aromatic carbocycles. The lowest BCUT2D eigenvalue weighted by Crippen LogP contribution is -2.63. The summed E-state index contributed by atoms with van der Waals surface area (Å²) in [6.45, 7) is 26.9. The summed E-state index contributed by atoms with van der Waals surface area (Å²) in [6, 6.07) is -13.6. The first kappa shape index (κ1) is 78.8. The van der Waals surface area contributed by atoms with Crippen molar-refractivity contribution in [3.63, 3.8) is 0 Å². The number of likely N-dealkylation sites (N-methyl/N-ethyl adjacent to an activating group) is 7. The standard InChI is InChI=1S/C62H111N11O14/c1-25-27-28-38(11)50(75)49-54(79)65-41(26-2)56(81)67(18)33-46(74)68(19)42(29-34(3)4)52(77)66-47(36(7)8)59(84)70(21)44(31-61(14,15)86)53(78)63-39(12)51(76)64-40(13)55(80)71(22)45(32-62(16,17)87)58(83)69(20)43(30-35(5)6)57(82)72(23)48(37(9)10)60(85)73(49)24/h25,27,34-45,47-50,75,86-87H,26,28-33H2,1-24H3,(H,63,78)(H,64,76)(H,65,79)(H,66,77)/b27-25+/t38?,39-,40+,41-,42-,43-,44-,45-,47-,48-,49-,50?/m0/s1. The highest BCUT2D eigenvalue weighted by Crippen LogP contribution is 2.26. The monoisotopic (exact) mass is 1230 g/mol. The van der Waals surface area contributed by atoms with Crippen LogP contribution < -0.4 is 21.3 Å². The van der Waals surface area contributed by atoms with Gasteiger partial charge in [0.1, 0.15) is 60.4 Å². The Morgan fingerprint density at radius 3 is 1.43 bits per heavy atom. The van der Waals surface area contributed by atoms with Crippen LogP contribution in [0.3, 0.4) is 0 Å². The van der Waals surface area contributed by atoms with Gasteiger partial charge in [-0.1, -0.05) is 81.4 Å². The van der Waals surface area contributed by atoms with E-state index in [0.29, 0.717) is 0 Å². The molecule has 498 valence electrons. The van der Waals surface area contributed by atoms with E-state index >= 15 is 9.59 Å². The van der Waals surface area contributed by atoms with Gasteiger partial charge in [-0.15, -0.1) is 0 Å². The van der Waals surface area contributed by atoms with Crippen LogP contribution in [0.25, 0.3) is 0 Å². The molecule has 0 saturated carbocycles. The van der Waals surface area contributed by atoms with Crippen molar-refractivity contribution in [1.29, 1.82) is 0 Å². The van der Waals surface area contributed by atoms with Gasteiger partial charge in [-0.3, -0.25) is 52.7 Å². The summed E-state index contributed by atoms with van der Waals surface area (Å²) in [6.07, 6.45) is 1.78. The first-order valence-electron chi connectivity index (χ1n) is 30.6. The second kappa shape index (κ2) is 33.9. The van der Waals surface area contributed by atoms with Gasteiger partial charge in [0, 0.05) is 62.2 Å². The van der Waals surface area contributed by atoms with Gasteiger partial charge >= 0.3 is 0 Å². The number of nitrogens with one attached hydrogen (secondary N) is 4. The van der Waals surface area contributed by atoms with Crippen molar-refractivity contribution in [2.45, 2.75) is 234 Å². The molecule has 1 aliphatic rings. The van der Waals surface area contributed by atoms with Crippen LogP contribution >= 0.6 is 0 Å². The van der Waals surface area contributed by atoms with Gasteiger partial charge in [-0.05, 0) is 104 Å². The lowest BCUT2D eigenvalue weighted by Gasteiger charge is -2.42. The number of carbonyl (C=O) groups is 11. The molecule has 25 nitrogen and oxygen atoms in total. The number of aliphatic hydroxyl groups is 3. The number of amides is 11. The van der Waals surface area contributed by atoms with Crippen LogP contribution in [0.2, 0.25) is 0 Å². The second-order valence-corrected chi connectivity index (χ2v) is 26.9. The van der Waals surface area contributed by atoms with Crippen LogP contribution in [0.1, 0.15) is 156 Å². The Balaban J connectivity index is 4.38. The molecule has 0 radical (unpaired) electrons. The molecule has 2 unspecified atom stereocenters. The minimum absolute atomic E-state index is 0.00762. The SMILES string of the molecule is C/C=C/CC(C)C(O)[C@H]1C(=O)N[C@@H](CC)C(=O)N(C)CC(=O)N(C)[C@@H](CC(C)C)C(=O)N[C@@H](C(C)C)C(=O)N(C)[C@@H](CC(C)(C)O)C(=O)N[C@@H](C)C(=O)N[C@H](C)C(=O)N(C)[C@@H](CC(C)(C)O)C(=O)N(C)[C@@H](CC(C)C)C(=O)N(C)[C@@H](C(C)C)C(=O)N1C. The molecule has 0 aromatic rings. The Kier molecular flexibility index (Phi) is 30.8. The molecule has 1 saturated heterocycles. The van der Waals surface area contributed by atoms with Gasteiger partial charge in [0.25, 0.3) is 0 Å². The molecule has 0 aliphatic carbocycles. The third-order valence-electron chi connectivity index (χ3n) is 16.1. The summed E-state index contributed by atoms with van der Waals surface area (Å²) in [7, 11) is 9.42. The normalized spacial score (nSPS) is 26.8. The van der Waals surface area contributed by atoms with Crippen LogP contribution in [0.4, 0.5) is 0 Å². The highest BCUT2D eigenvalue weighted by molar-refractivity contribution is 5.99. The van der Waals surface area contributed by atoms with Crippen molar-refractivity contribution in [2.24, 2.45) is 29.6 Å². The number of nitrogens with zero attached hydrogens (tertiary/aromatic N) is 7. The van der Waals surface area contributed by atoms with Gasteiger partial charge in [-0.25, -0.2) is 0 Å². The fraction of sp³-hybridized carbons (Fsp3) is 0.790. The Bertz CT molecular complexity index is 2420. The first-order chi connectivity index (χ1) is 39.8. The molecule has 0 bridgehead atoms. The molecular weight excluding hydrogens is 1120 g/mol. The maximum atomic E-state index is 15.1. The van der Waals surface area contributed by atoms with E-state index in [1.807, 2.05) is 27.7 Å². The molecule has 0 aromatic heterocycles. The van der Waals surface area contributed by atoms with E-state index in [2.05, 4.69) is 21.3 Å². The molecule has 7 N–H and O–H groups in total. The maximum Gasteiger partial charge on any atom is 0.246 e. The van der Waals surface area contributed by atoms with Crippen LogP contribution in [0.15, 0.2) is 12.2 Å². The molecule has 1 heterocycles. The van der Waals surface area contributed by atoms with E-state index < -0.39 is 167 Å². The van der Waals surface area contributed by atoms with Crippen molar-refractivity contribution < 1.29 is 68.1 Å². The highest BCUT2D eigenvalue weighted by atomic mass is 16.3. The lowest BCUT2D eigenvalue weighted by molar-refractivity contribution is -0.158. The molecule has 12 atom stereocenters. The van der Waals surface area contributed by atoms with Gasteiger partial charge in [0.05, 0.1) is 23.9 Å². The summed E-state index contributed by atoms with van der Waals surface area (Å²) in [4.78, 5) is 168. The molecular formula is C62H111N11O14. The number of hydrogen-bond acceptors (Lipinski definition) is 14. The lowest BCUT2D eigenvalue weighted by atomic mass is 9.91. The summed E-state index contributed by atoms with van der Waals surface area (Å²) >= 11 is 0. The minimum Gasteiger partial charge on any atom is -0.390 e. The van der Waals surface area contributed by atoms with E-state index in [9.17, 15) is 58.5 Å². The fourth-order valence-corrected chi connectivity index (χ4v) is 10.7. The van der Waals surface area contributed by atoms with E-state index in [-0.39, 0.29) is 50.4 Å². The number of aliphatic hydroxyl groups excluding tert-OH is 1. The van der Waals surface area contributed by atoms with E-state index in [0.717, 1.165) is 24.5 Å². The Labute approximate surface area is 518 Å².